The third-order valence-corrected chi connectivity index (χ3v) is 1.98. The minimum atomic E-state index is -1.49. The molecule has 1 aromatic rings. The van der Waals surface area contributed by atoms with E-state index < -0.39 is 17.5 Å². The standard InChI is InChI=1S/C8H5BrFNO3/c9-4-1-2-5(6(10)3-4)7(11-14)8(12)13/h1-3,14H,(H,12,13). The number of benzene rings is 1. The lowest BCUT2D eigenvalue weighted by Crippen LogP contribution is -2.16. The number of rotatable bonds is 2. The molecule has 0 aliphatic rings. The van der Waals surface area contributed by atoms with Gasteiger partial charge in [0.05, 0.1) is 0 Å². The highest BCUT2D eigenvalue weighted by Crippen LogP contribution is 2.16. The zero-order chi connectivity index (χ0) is 10.7. The molecule has 2 N–H and O–H groups in total. The van der Waals surface area contributed by atoms with Crippen molar-refractivity contribution in [3.63, 3.8) is 0 Å². The van der Waals surface area contributed by atoms with E-state index in [1.165, 1.54) is 12.1 Å². The van der Waals surface area contributed by atoms with Crippen LogP contribution in [0.5, 0.6) is 0 Å². The van der Waals surface area contributed by atoms with E-state index in [0.717, 1.165) is 6.07 Å². The summed E-state index contributed by atoms with van der Waals surface area (Å²) in [4.78, 5) is 10.5. The topological polar surface area (TPSA) is 69.9 Å². The number of carboxylic acids is 1. The first-order valence-electron chi connectivity index (χ1n) is 3.47. The van der Waals surface area contributed by atoms with Gasteiger partial charge in [-0.05, 0) is 18.2 Å². The summed E-state index contributed by atoms with van der Waals surface area (Å²) in [6.07, 6.45) is 0. The van der Waals surface area contributed by atoms with Crippen molar-refractivity contribution in [2.45, 2.75) is 0 Å². The number of aliphatic carboxylic acids is 1. The van der Waals surface area contributed by atoms with Crippen LogP contribution in [-0.2, 0) is 4.79 Å². The summed E-state index contributed by atoms with van der Waals surface area (Å²) in [5.41, 5.74) is -0.988. The Morgan fingerprint density at radius 3 is 2.57 bits per heavy atom. The molecule has 0 heterocycles. The van der Waals surface area contributed by atoms with Crippen LogP contribution in [0, 0.1) is 5.82 Å². The Balaban J connectivity index is 3.25. The van der Waals surface area contributed by atoms with Crippen LogP contribution in [0.1, 0.15) is 5.56 Å². The van der Waals surface area contributed by atoms with E-state index in [0.29, 0.717) is 4.47 Å². The van der Waals surface area contributed by atoms with Gasteiger partial charge in [0.25, 0.3) is 0 Å². The van der Waals surface area contributed by atoms with E-state index in [2.05, 4.69) is 21.1 Å². The van der Waals surface area contributed by atoms with Crippen LogP contribution in [0.15, 0.2) is 27.8 Å². The summed E-state index contributed by atoms with van der Waals surface area (Å²) in [6.45, 7) is 0. The maximum absolute atomic E-state index is 13.2. The Labute approximate surface area is 86.8 Å². The van der Waals surface area contributed by atoms with E-state index in [1.807, 2.05) is 0 Å². The van der Waals surface area contributed by atoms with Gasteiger partial charge in [0.1, 0.15) is 5.82 Å². The van der Waals surface area contributed by atoms with Gasteiger partial charge in [-0.3, -0.25) is 0 Å². The minimum Gasteiger partial charge on any atom is -0.476 e. The lowest BCUT2D eigenvalue weighted by atomic mass is 10.1. The molecular weight excluding hydrogens is 257 g/mol. The molecule has 0 aromatic heterocycles. The maximum atomic E-state index is 13.2. The van der Waals surface area contributed by atoms with Crippen molar-refractivity contribution in [1.82, 2.24) is 0 Å². The molecule has 0 spiro atoms. The lowest BCUT2D eigenvalue weighted by Gasteiger charge is -2.01. The number of hydrogen-bond donors (Lipinski definition) is 2. The quantitative estimate of drug-likeness (QED) is 0.485. The van der Waals surface area contributed by atoms with Crippen molar-refractivity contribution in [3.05, 3.63) is 34.1 Å². The molecule has 0 bridgehead atoms. The van der Waals surface area contributed by atoms with Crippen LogP contribution >= 0.6 is 15.9 Å². The number of nitrogens with zero attached hydrogens (tertiary/aromatic N) is 1. The second-order valence-corrected chi connectivity index (χ2v) is 3.29. The molecule has 0 fully saturated rings. The summed E-state index contributed by atoms with van der Waals surface area (Å²) < 4.78 is 13.6. The summed E-state index contributed by atoms with van der Waals surface area (Å²) in [6, 6.07) is 3.75. The molecule has 1 aromatic carbocycles. The van der Waals surface area contributed by atoms with Crippen LogP contribution in [-0.4, -0.2) is 22.0 Å². The molecule has 4 nitrogen and oxygen atoms in total. The molecule has 0 aliphatic carbocycles. The number of carbonyl (C=O) groups is 1. The van der Waals surface area contributed by atoms with Crippen molar-refractivity contribution < 1.29 is 19.5 Å². The average molecular weight is 262 g/mol. The number of carboxylic acid groups (broad SMARTS) is 1. The number of oxime groups is 1. The van der Waals surface area contributed by atoms with Crippen LogP contribution < -0.4 is 0 Å². The SMILES string of the molecule is O=C(O)C(=NO)c1ccc(Br)cc1F. The molecule has 0 aliphatic heterocycles. The van der Waals surface area contributed by atoms with Crippen molar-refractivity contribution >= 4 is 27.6 Å². The Hall–Kier alpha value is -1.43. The zero-order valence-electron chi connectivity index (χ0n) is 6.74. The predicted molar refractivity (Wildman–Crippen MR) is 50.1 cm³/mol. The largest absolute Gasteiger partial charge is 0.476 e. The van der Waals surface area contributed by atoms with Crippen LogP contribution in [0.3, 0.4) is 0 Å². The Bertz CT molecular complexity index is 406. The van der Waals surface area contributed by atoms with Crippen LogP contribution in [0.4, 0.5) is 4.39 Å². The lowest BCUT2D eigenvalue weighted by molar-refractivity contribution is -0.129. The zero-order valence-corrected chi connectivity index (χ0v) is 8.32. The van der Waals surface area contributed by atoms with E-state index in [-0.39, 0.29) is 5.56 Å². The predicted octanol–water partition coefficient (Wildman–Crippen LogP) is 1.85. The molecule has 0 saturated heterocycles. The van der Waals surface area contributed by atoms with Gasteiger partial charge in [-0.2, -0.15) is 0 Å². The van der Waals surface area contributed by atoms with Crippen LogP contribution in [0.2, 0.25) is 0 Å². The van der Waals surface area contributed by atoms with Crippen molar-refractivity contribution in [3.8, 4) is 0 Å². The van der Waals surface area contributed by atoms with E-state index in [1.54, 1.807) is 0 Å². The number of hydrogen-bond acceptors (Lipinski definition) is 3. The fourth-order valence-corrected chi connectivity index (χ4v) is 1.23. The first-order valence-corrected chi connectivity index (χ1v) is 4.26. The normalized spacial score (nSPS) is 11.4. The molecule has 14 heavy (non-hydrogen) atoms. The second-order valence-electron chi connectivity index (χ2n) is 2.38. The van der Waals surface area contributed by atoms with E-state index in [9.17, 15) is 9.18 Å². The minimum absolute atomic E-state index is 0.261. The highest BCUT2D eigenvalue weighted by atomic mass is 79.9. The van der Waals surface area contributed by atoms with Crippen molar-refractivity contribution in [1.29, 1.82) is 0 Å². The summed E-state index contributed by atoms with van der Waals surface area (Å²) in [5, 5.41) is 19.4. The third-order valence-electron chi connectivity index (χ3n) is 1.49. The van der Waals surface area contributed by atoms with Gasteiger partial charge in [-0.1, -0.05) is 21.1 Å². The van der Waals surface area contributed by atoms with Crippen LogP contribution in [0.25, 0.3) is 0 Å². The van der Waals surface area contributed by atoms with Crippen molar-refractivity contribution in [2.75, 3.05) is 0 Å². The molecular formula is C8H5BrFNO3. The monoisotopic (exact) mass is 261 g/mol. The van der Waals surface area contributed by atoms with Gasteiger partial charge in [0.2, 0.25) is 0 Å². The Kier molecular flexibility index (Phi) is 3.19. The van der Waals surface area contributed by atoms with E-state index >= 15 is 0 Å². The summed E-state index contributed by atoms with van der Waals surface area (Å²) >= 11 is 3.01. The van der Waals surface area contributed by atoms with E-state index in [4.69, 9.17) is 10.3 Å². The second kappa shape index (κ2) is 4.19. The van der Waals surface area contributed by atoms with Gasteiger partial charge in [0.15, 0.2) is 5.71 Å². The van der Waals surface area contributed by atoms with Crippen molar-refractivity contribution in [2.24, 2.45) is 5.16 Å². The highest BCUT2D eigenvalue weighted by Gasteiger charge is 2.17. The van der Waals surface area contributed by atoms with Gasteiger partial charge >= 0.3 is 5.97 Å². The molecule has 0 amide bonds. The smallest absolute Gasteiger partial charge is 0.358 e. The first kappa shape index (κ1) is 10.6. The molecule has 0 radical (unpaired) electrons. The molecule has 0 saturated carbocycles. The van der Waals surface area contributed by atoms with Gasteiger partial charge in [0, 0.05) is 10.0 Å². The Morgan fingerprint density at radius 2 is 2.14 bits per heavy atom. The highest BCUT2D eigenvalue weighted by molar-refractivity contribution is 9.10. The number of halogens is 2. The van der Waals surface area contributed by atoms with Gasteiger partial charge < -0.3 is 10.3 Å². The first-order chi connectivity index (χ1) is 6.56. The molecule has 1 rings (SSSR count). The molecule has 0 unspecified atom stereocenters. The van der Waals surface area contributed by atoms with Gasteiger partial charge in [-0.25, -0.2) is 9.18 Å². The average Bonchev–Trinajstić information content (AvgIpc) is 2.09. The summed E-state index contributed by atoms with van der Waals surface area (Å²) in [5.74, 6) is -2.26. The van der Waals surface area contributed by atoms with Gasteiger partial charge in [-0.15, -0.1) is 0 Å². The molecule has 6 heteroatoms. The summed E-state index contributed by atoms with van der Waals surface area (Å²) in [7, 11) is 0. The molecule has 0 atom stereocenters. The fourth-order valence-electron chi connectivity index (χ4n) is 0.893. The third kappa shape index (κ3) is 2.08. The fraction of sp³-hybridized carbons (Fsp3) is 0. The Morgan fingerprint density at radius 1 is 1.50 bits per heavy atom. The maximum Gasteiger partial charge on any atom is 0.358 e. The molecule has 74 valence electrons.